The fourth-order valence-electron chi connectivity index (χ4n) is 2.52. The molecule has 1 atom stereocenters. The van der Waals surface area contributed by atoms with Gasteiger partial charge in [-0.3, -0.25) is 5.32 Å². The number of nitrogens with zero attached hydrogens (tertiary/aromatic N) is 1. The molecule has 0 bridgehead atoms. The molecule has 0 spiro atoms. The third kappa shape index (κ3) is 3.82. The van der Waals surface area contributed by atoms with Gasteiger partial charge in [-0.25, -0.2) is 9.78 Å². The first-order chi connectivity index (χ1) is 12.3. The smallest absolute Gasteiger partial charge is 0.412 e. The molecule has 2 N–H and O–H groups in total. The van der Waals surface area contributed by atoms with E-state index in [9.17, 15) is 4.79 Å². The third-order valence-corrected chi connectivity index (χ3v) is 5.69. The Hall–Kier alpha value is -1.76. The van der Waals surface area contributed by atoms with Crippen LogP contribution in [0.15, 0.2) is 28.7 Å². The van der Waals surface area contributed by atoms with Crippen molar-refractivity contribution in [3.05, 3.63) is 55.7 Å². The molecule has 1 aromatic heterocycles. The van der Waals surface area contributed by atoms with Crippen LogP contribution in [0.2, 0.25) is 10.0 Å². The lowest BCUT2D eigenvalue weighted by molar-refractivity contribution is 0.117. The summed E-state index contributed by atoms with van der Waals surface area (Å²) in [5.74, 6) is 0.574. The number of imidazole rings is 1. The Morgan fingerprint density at radius 2 is 1.96 bits per heavy atom. The molecule has 26 heavy (non-hydrogen) atoms. The van der Waals surface area contributed by atoms with Crippen LogP contribution in [0.25, 0.3) is 11.0 Å². The highest BCUT2D eigenvalue weighted by Crippen LogP contribution is 2.29. The second-order valence-electron chi connectivity index (χ2n) is 5.93. The van der Waals surface area contributed by atoms with Crippen LogP contribution in [0, 0.1) is 13.8 Å². The molecule has 2 aromatic carbocycles. The van der Waals surface area contributed by atoms with E-state index in [2.05, 4.69) is 31.2 Å². The first-order valence-electron chi connectivity index (χ1n) is 7.84. The summed E-state index contributed by atoms with van der Waals surface area (Å²) in [7, 11) is 0. The van der Waals surface area contributed by atoms with Gasteiger partial charge >= 0.3 is 6.09 Å². The summed E-state index contributed by atoms with van der Waals surface area (Å²) in [4.78, 5) is 19.9. The fraction of sp³-hybridized carbons (Fsp3) is 0.222. The number of nitrogens with one attached hydrogen (secondary N) is 2. The van der Waals surface area contributed by atoms with Gasteiger partial charge < -0.3 is 9.72 Å². The van der Waals surface area contributed by atoms with Crippen LogP contribution in [0.5, 0.6) is 0 Å². The SMILES string of the molecule is Cc1c(Br)cc2[nH]c([C@H](C)OC(=O)Nc3ccc(Cl)c(Cl)c3)nc2c1C. The number of aromatic amines is 1. The van der Waals surface area contributed by atoms with E-state index in [-0.39, 0.29) is 0 Å². The molecule has 0 aliphatic carbocycles. The van der Waals surface area contributed by atoms with Crippen molar-refractivity contribution in [1.29, 1.82) is 0 Å². The van der Waals surface area contributed by atoms with Crippen molar-refractivity contribution in [2.24, 2.45) is 0 Å². The van der Waals surface area contributed by atoms with Gasteiger partial charge in [0.25, 0.3) is 0 Å². The Bertz CT molecular complexity index is 1000. The molecule has 0 saturated heterocycles. The number of anilines is 1. The normalized spacial score (nSPS) is 12.2. The Kier molecular flexibility index (Phi) is 5.46. The van der Waals surface area contributed by atoms with E-state index in [0.29, 0.717) is 21.6 Å². The summed E-state index contributed by atoms with van der Waals surface area (Å²) < 4.78 is 6.41. The molecule has 136 valence electrons. The average molecular weight is 457 g/mol. The van der Waals surface area contributed by atoms with E-state index in [1.54, 1.807) is 25.1 Å². The lowest BCUT2D eigenvalue weighted by atomic mass is 10.1. The van der Waals surface area contributed by atoms with Crippen LogP contribution in [-0.2, 0) is 4.74 Å². The molecule has 0 aliphatic rings. The number of carbonyl (C=O) groups is 1. The highest BCUT2D eigenvalue weighted by molar-refractivity contribution is 9.10. The molecule has 8 heteroatoms. The molecular weight excluding hydrogens is 441 g/mol. The first-order valence-corrected chi connectivity index (χ1v) is 9.39. The summed E-state index contributed by atoms with van der Waals surface area (Å²) in [6, 6.07) is 6.77. The molecule has 0 saturated carbocycles. The van der Waals surface area contributed by atoms with Gasteiger partial charge in [-0.15, -0.1) is 0 Å². The van der Waals surface area contributed by atoms with Gasteiger partial charge in [-0.2, -0.15) is 0 Å². The van der Waals surface area contributed by atoms with E-state index < -0.39 is 12.2 Å². The lowest BCUT2D eigenvalue weighted by Crippen LogP contribution is -2.16. The second kappa shape index (κ2) is 7.47. The molecule has 1 amide bonds. The Morgan fingerprint density at radius 1 is 1.23 bits per heavy atom. The van der Waals surface area contributed by atoms with Crippen LogP contribution >= 0.6 is 39.1 Å². The topological polar surface area (TPSA) is 67.0 Å². The number of benzene rings is 2. The minimum Gasteiger partial charge on any atom is -0.438 e. The quantitative estimate of drug-likeness (QED) is 0.468. The van der Waals surface area contributed by atoms with Crippen molar-refractivity contribution in [2.75, 3.05) is 5.32 Å². The minimum atomic E-state index is -0.606. The van der Waals surface area contributed by atoms with E-state index in [4.69, 9.17) is 27.9 Å². The maximum Gasteiger partial charge on any atom is 0.412 e. The number of aromatic nitrogens is 2. The van der Waals surface area contributed by atoms with Crippen molar-refractivity contribution in [1.82, 2.24) is 9.97 Å². The van der Waals surface area contributed by atoms with Crippen molar-refractivity contribution >= 4 is 61.9 Å². The summed E-state index contributed by atoms with van der Waals surface area (Å²) in [5.41, 5.74) is 4.44. The highest BCUT2D eigenvalue weighted by Gasteiger charge is 2.18. The molecule has 5 nitrogen and oxygen atoms in total. The van der Waals surface area contributed by atoms with Crippen molar-refractivity contribution in [3.63, 3.8) is 0 Å². The number of ether oxygens (including phenoxy) is 1. The second-order valence-corrected chi connectivity index (χ2v) is 7.60. The van der Waals surface area contributed by atoms with Gasteiger partial charge in [0.05, 0.1) is 21.1 Å². The summed E-state index contributed by atoms with van der Waals surface area (Å²) in [6.45, 7) is 5.79. The zero-order chi connectivity index (χ0) is 19.0. The van der Waals surface area contributed by atoms with Crippen molar-refractivity contribution in [3.8, 4) is 0 Å². The van der Waals surface area contributed by atoms with Crippen molar-refractivity contribution < 1.29 is 9.53 Å². The molecular formula is C18H16BrCl2N3O2. The summed E-state index contributed by atoms with van der Waals surface area (Å²) >= 11 is 15.3. The van der Waals surface area contributed by atoms with E-state index in [1.807, 2.05) is 19.9 Å². The average Bonchev–Trinajstić information content (AvgIpc) is 3.00. The van der Waals surface area contributed by atoms with E-state index >= 15 is 0 Å². The number of H-pyrrole nitrogens is 1. The van der Waals surface area contributed by atoms with Crippen LogP contribution in [0.1, 0.15) is 30.0 Å². The largest absolute Gasteiger partial charge is 0.438 e. The fourth-order valence-corrected chi connectivity index (χ4v) is 3.34. The Labute approximate surface area is 169 Å². The van der Waals surface area contributed by atoms with E-state index in [0.717, 1.165) is 26.6 Å². The maximum absolute atomic E-state index is 12.1. The number of carbonyl (C=O) groups excluding carboxylic acids is 1. The third-order valence-electron chi connectivity index (χ3n) is 4.13. The minimum absolute atomic E-state index is 0.353. The number of hydrogen-bond donors (Lipinski definition) is 2. The maximum atomic E-state index is 12.1. The van der Waals surface area contributed by atoms with Gasteiger partial charge in [-0.05, 0) is 56.2 Å². The number of aryl methyl sites for hydroxylation is 1. The monoisotopic (exact) mass is 455 g/mol. The zero-order valence-corrected chi connectivity index (χ0v) is 17.4. The Morgan fingerprint density at radius 3 is 2.65 bits per heavy atom. The number of halogens is 3. The molecule has 3 rings (SSSR count). The van der Waals surface area contributed by atoms with Gasteiger partial charge in [0.15, 0.2) is 6.10 Å². The Balaban J connectivity index is 1.76. The predicted molar refractivity (Wildman–Crippen MR) is 108 cm³/mol. The molecule has 3 aromatic rings. The first kappa shape index (κ1) is 19.0. The van der Waals surface area contributed by atoms with Gasteiger partial charge in [0.2, 0.25) is 0 Å². The molecule has 0 radical (unpaired) electrons. The molecule has 1 heterocycles. The number of amides is 1. The predicted octanol–water partition coefficient (Wildman–Crippen LogP) is 6.56. The standard InChI is InChI=1S/C18H16BrCl2N3O2/c1-8-9(2)16-15(7-12(8)19)23-17(24-16)10(3)26-18(25)22-11-4-5-13(20)14(21)6-11/h4-7,10H,1-3H3,(H,22,25)(H,23,24)/t10-/m0/s1. The summed E-state index contributed by atoms with van der Waals surface area (Å²) in [5, 5.41) is 3.39. The molecule has 0 fully saturated rings. The molecule has 0 aliphatic heterocycles. The summed E-state index contributed by atoms with van der Waals surface area (Å²) in [6.07, 6.45) is -1.16. The lowest BCUT2D eigenvalue weighted by Gasteiger charge is -2.12. The van der Waals surface area contributed by atoms with Gasteiger partial charge in [0.1, 0.15) is 5.82 Å². The van der Waals surface area contributed by atoms with Gasteiger partial charge in [0, 0.05) is 10.2 Å². The van der Waals surface area contributed by atoms with Crippen LogP contribution in [-0.4, -0.2) is 16.1 Å². The molecule has 0 unspecified atom stereocenters. The number of fused-ring (bicyclic) bond motifs is 1. The van der Waals surface area contributed by atoms with Crippen LogP contribution < -0.4 is 5.32 Å². The van der Waals surface area contributed by atoms with Crippen LogP contribution in [0.4, 0.5) is 10.5 Å². The van der Waals surface area contributed by atoms with E-state index in [1.165, 1.54) is 0 Å². The number of hydrogen-bond acceptors (Lipinski definition) is 3. The van der Waals surface area contributed by atoms with Crippen LogP contribution in [0.3, 0.4) is 0 Å². The van der Waals surface area contributed by atoms with Gasteiger partial charge in [-0.1, -0.05) is 39.1 Å². The van der Waals surface area contributed by atoms with Crippen molar-refractivity contribution in [2.45, 2.75) is 26.9 Å². The zero-order valence-electron chi connectivity index (χ0n) is 14.3. The number of rotatable bonds is 3. The highest BCUT2D eigenvalue weighted by atomic mass is 79.9.